The van der Waals surface area contributed by atoms with Gasteiger partial charge in [-0.15, -0.1) is 10.2 Å². The number of hydrogen-bond donors (Lipinski definition) is 1. The number of nitrogens with zero attached hydrogens (tertiary/aromatic N) is 4. The second-order valence-electron chi connectivity index (χ2n) is 6.87. The molecule has 1 aliphatic rings. The summed E-state index contributed by atoms with van der Waals surface area (Å²) in [6, 6.07) is 7.64. The minimum absolute atomic E-state index is 0.122. The van der Waals surface area contributed by atoms with Crippen molar-refractivity contribution in [2.24, 2.45) is 0 Å². The van der Waals surface area contributed by atoms with Crippen molar-refractivity contribution in [1.29, 1.82) is 0 Å². The van der Waals surface area contributed by atoms with Gasteiger partial charge in [0.1, 0.15) is 11.6 Å². The van der Waals surface area contributed by atoms with Crippen molar-refractivity contribution in [2.75, 3.05) is 25.0 Å². The van der Waals surface area contributed by atoms with E-state index in [4.69, 9.17) is 8.94 Å². The van der Waals surface area contributed by atoms with E-state index in [1.165, 1.54) is 12.1 Å². The number of hydrogen-bond acceptors (Lipinski definition) is 7. The summed E-state index contributed by atoms with van der Waals surface area (Å²) in [5.41, 5.74) is 0.692. The molecular weight excluding hydrogens is 365 g/mol. The fourth-order valence-corrected chi connectivity index (χ4v) is 3.26. The Morgan fingerprint density at radius 3 is 2.68 bits per heavy atom. The van der Waals surface area contributed by atoms with Crippen molar-refractivity contribution in [1.82, 2.24) is 20.3 Å². The van der Waals surface area contributed by atoms with Crippen LogP contribution in [0.3, 0.4) is 0 Å². The number of likely N-dealkylation sites (tertiary alicyclic amines) is 1. The Balaban J connectivity index is 1.29. The lowest BCUT2D eigenvalue weighted by atomic mass is 9.97. The Morgan fingerprint density at radius 2 is 2.00 bits per heavy atom. The molecule has 1 aliphatic heterocycles. The first-order valence-corrected chi connectivity index (χ1v) is 9.11. The van der Waals surface area contributed by atoms with Crippen molar-refractivity contribution >= 4 is 11.7 Å². The summed E-state index contributed by atoms with van der Waals surface area (Å²) in [6.07, 6.45) is 1.64. The number of anilines is 1. The van der Waals surface area contributed by atoms with Crippen LogP contribution in [0.15, 0.2) is 39.3 Å². The standard InChI is InChI=1S/C19H20FN5O3/c1-12-10-16(24-28-12)21-17(26)11-25-8-6-14(7-9-25)19-23-22-18(27-19)13-2-4-15(20)5-3-13/h2-5,10,14H,6-9,11H2,1H3,(H,21,24,26). The summed E-state index contributed by atoms with van der Waals surface area (Å²) in [5.74, 6) is 1.77. The van der Waals surface area contributed by atoms with Crippen LogP contribution in [0.5, 0.6) is 0 Å². The van der Waals surface area contributed by atoms with Crippen LogP contribution in [0.4, 0.5) is 10.2 Å². The fraction of sp³-hybridized carbons (Fsp3) is 0.368. The van der Waals surface area contributed by atoms with Gasteiger partial charge in [0, 0.05) is 17.5 Å². The molecule has 9 heteroatoms. The number of carbonyl (C=O) groups excluding carboxylic acids is 1. The van der Waals surface area contributed by atoms with Gasteiger partial charge in [-0.2, -0.15) is 0 Å². The number of aromatic nitrogens is 3. The first kappa shape index (κ1) is 18.3. The molecule has 4 rings (SSSR count). The van der Waals surface area contributed by atoms with E-state index in [1.807, 2.05) is 0 Å². The first-order valence-electron chi connectivity index (χ1n) is 9.11. The van der Waals surface area contributed by atoms with E-state index in [0.717, 1.165) is 25.9 Å². The van der Waals surface area contributed by atoms with Gasteiger partial charge in [0.15, 0.2) is 5.82 Å². The first-order chi connectivity index (χ1) is 13.6. The summed E-state index contributed by atoms with van der Waals surface area (Å²) in [7, 11) is 0. The number of benzene rings is 1. The van der Waals surface area contributed by atoms with Crippen LogP contribution in [0.1, 0.15) is 30.4 Å². The van der Waals surface area contributed by atoms with Crippen LogP contribution in [0.2, 0.25) is 0 Å². The zero-order valence-electron chi connectivity index (χ0n) is 15.4. The van der Waals surface area contributed by atoms with Gasteiger partial charge in [-0.3, -0.25) is 9.69 Å². The molecule has 1 fully saturated rings. The molecule has 3 heterocycles. The van der Waals surface area contributed by atoms with E-state index >= 15 is 0 Å². The molecular formula is C19H20FN5O3. The quantitative estimate of drug-likeness (QED) is 0.721. The number of nitrogens with one attached hydrogen (secondary N) is 1. The summed E-state index contributed by atoms with van der Waals surface area (Å²) in [5, 5.41) is 14.7. The molecule has 0 unspecified atom stereocenters. The zero-order valence-corrected chi connectivity index (χ0v) is 15.4. The van der Waals surface area contributed by atoms with E-state index < -0.39 is 0 Å². The van der Waals surface area contributed by atoms with E-state index in [-0.39, 0.29) is 17.6 Å². The summed E-state index contributed by atoms with van der Waals surface area (Å²) < 4.78 is 23.8. The van der Waals surface area contributed by atoms with Gasteiger partial charge in [0.2, 0.25) is 17.7 Å². The van der Waals surface area contributed by atoms with Crippen LogP contribution >= 0.6 is 0 Å². The van der Waals surface area contributed by atoms with Gasteiger partial charge < -0.3 is 14.3 Å². The van der Waals surface area contributed by atoms with Crippen LogP contribution < -0.4 is 5.32 Å². The van der Waals surface area contributed by atoms with Crippen LogP contribution in [-0.4, -0.2) is 45.8 Å². The zero-order chi connectivity index (χ0) is 19.5. The van der Waals surface area contributed by atoms with Crippen molar-refractivity contribution in [3.8, 4) is 11.5 Å². The normalized spacial score (nSPS) is 15.6. The number of carbonyl (C=O) groups is 1. The molecule has 0 spiro atoms. The summed E-state index contributed by atoms with van der Waals surface area (Å²) in [6.45, 7) is 3.57. The highest BCUT2D eigenvalue weighted by atomic mass is 19.1. The highest BCUT2D eigenvalue weighted by Gasteiger charge is 2.26. The second-order valence-corrected chi connectivity index (χ2v) is 6.87. The molecule has 2 aromatic heterocycles. The molecule has 28 heavy (non-hydrogen) atoms. The Labute approximate surface area is 160 Å². The maximum Gasteiger partial charge on any atom is 0.247 e. The monoisotopic (exact) mass is 385 g/mol. The molecule has 1 amide bonds. The highest BCUT2D eigenvalue weighted by molar-refractivity contribution is 5.91. The smallest absolute Gasteiger partial charge is 0.247 e. The van der Waals surface area contributed by atoms with E-state index in [9.17, 15) is 9.18 Å². The topological polar surface area (TPSA) is 97.3 Å². The Hall–Kier alpha value is -3.07. The molecule has 1 saturated heterocycles. The van der Waals surface area contributed by atoms with Crippen LogP contribution in [-0.2, 0) is 4.79 Å². The van der Waals surface area contributed by atoms with Gasteiger partial charge in [0.05, 0.1) is 6.54 Å². The third kappa shape index (κ3) is 4.25. The minimum Gasteiger partial charge on any atom is -0.420 e. The molecule has 3 aromatic rings. The molecule has 0 saturated carbocycles. The predicted molar refractivity (Wildman–Crippen MR) is 98.0 cm³/mol. The molecule has 0 radical (unpaired) electrons. The van der Waals surface area contributed by atoms with Gasteiger partial charge in [-0.05, 0) is 57.1 Å². The Morgan fingerprint density at radius 1 is 1.25 bits per heavy atom. The molecule has 146 valence electrons. The number of piperidine rings is 1. The third-order valence-electron chi connectivity index (χ3n) is 4.73. The predicted octanol–water partition coefficient (Wildman–Crippen LogP) is 2.99. The van der Waals surface area contributed by atoms with Crippen LogP contribution in [0.25, 0.3) is 11.5 Å². The molecule has 1 N–H and O–H groups in total. The Bertz CT molecular complexity index is 945. The number of rotatable bonds is 5. The lowest BCUT2D eigenvalue weighted by Crippen LogP contribution is -2.38. The number of halogens is 1. The largest absolute Gasteiger partial charge is 0.420 e. The maximum absolute atomic E-state index is 13.0. The summed E-state index contributed by atoms with van der Waals surface area (Å²) >= 11 is 0. The number of amides is 1. The van der Waals surface area contributed by atoms with E-state index in [2.05, 4.69) is 25.6 Å². The molecule has 0 atom stereocenters. The van der Waals surface area contributed by atoms with Crippen molar-refractivity contribution in [2.45, 2.75) is 25.7 Å². The highest BCUT2D eigenvalue weighted by Crippen LogP contribution is 2.29. The van der Waals surface area contributed by atoms with Crippen molar-refractivity contribution in [3.05, 3.63) is 47.8 Å². The Kier molecular flexibility index (Phi) is 5.16. The maximum atomic E-state index is 13.0. The fourth-order valence-electron chi connectivity index (χ4n) is 3.26. The third-order valence-corrected chi connectivity index (χ3v) is 4.73. The molecule has 0 bridgehead atoms. The average molecular weight is 385 g/mol. The van der Waals surface area contributed by atoms with Gasteiger partial charge in [-0.1, -0.05) is 5.16 Å². The summed E-state index contributed by atoms with van der Waals surface area (Å²) in [4.78, 5) is 14.2. The molecule has 0 aliphatic carbocycles. The van der Waals surface area contributed by atoms with Gasteiger partial charge >= 0.3 is 0 Å². The van der Waals surface area contributed by atoms with Crippen molar-refractivity contribution < 1.29 is 18.1 Å². The lowest BCUT2D eigenvalue weighted by Gasteiger charge is -2.29. The van der Waals surface area contributed by atoms with E-state index in [0.29, 0.717) is 35.5 Å². The van der Waals surface area contributed by atoms with Crippen molar-refractivity contribution in [3.63, 3.8) is 0 Å². The van der Waals surface area contributed by atoms with Gasteiger partial charge in [0.25, 0.3) is 0 Å². The second kappa shape index (κ2) is 7.89. The van der Waals surface area contributed by atoms with Crippen LogP contribution in [0, 0.1) is 12.7 Å². The van der Waals surface area contributed by atoms with Gasteiger partial charge in [-0.25, -0.2) is 4.39 Å². The SMILES string of the molecule is Cc1cc(NC(=O)CN2CCC(c3nnc(-c4ccc(F)cc4)o3)CC2)no1. The number of aryl methyl sites for hydroxylation is 1. The molecule has 8 nitrogen and oxygen atoms in total. The lowest BCUT2D eigenvalue weighted by molar-refractivity contribution is -0.117. The average Bonchev–Trinajstić information content (AvgIpc) is 3.32. The molecule has 1 aromatic carbocycles. The van der Waals surface area contributed by atoms with E-state index in [1.54, 1.807) is 25.1 Å². The minimum atomic E-state index is -0.307.